The number of carboxylic acids is 1. The van der Waals surface area contributed by atoms with Crippen molar-refractivity contribution < 1.29 is 24.2 Å². The van der Waals surface area contributed by atoms with Crippen molar-refractivity contribution in [3.8, 4) is 0 Å². The SMILES string of the molecule is C[C@@H](NC(=O)OCc1ccc(C(=O)Nc2ccccc2N)cc1)c1ccc(C(=O)O)cc1. The van der Waals surface area contributed by atoms with E-state index in [4.69, 9.17) is 15.6 Å². The number of carbonyl (C=O) groups excluding carboxylic acids is 2. The molecule has 0 aliphatic rings. The van der Waals surface area contributed by atoms with Gasteiger partial charge in [0.25, 0.3) is 5.91 Å². The number of nitrogens with two attached hydrogens (primary N) is 1. The summed E-state index contributed by atoms with van der Waals surface area (Å²) < 4.78 is 5.23. The summed E-state index contributed by atoms with van der Waals surface area (Å²) in [6.07, 6.45) is -0.610. The number of anilines is 2. The van der Waals surface area contributed by atoms with Gasteiger partial charge in [0.1, 0.15) is 6.61 Å². The molecular formula is C24H23N3O5. The lowest BCUT2D eigenvalue weighted by Gasteiger charge is -2.15. The topological polar surface area (TPSA) is 131 Å². The van der Waals surface area contributed by atoms with E-state index in [1.807, 2.05) is 0 Å². The van der Waals surface area contributed by atoms with Crippen LogP contribution in [0.3, 0.4) is 0 Å². The molecule has 164 valence electrons. The van der Waals surface area contributed by atoms with Crippen LogP contribution in [0.25, 0.3) is 0 Å². The number of hydrogen-bond donors (Lipinski definition) is 4. The van der Waals surface area contributed by atoms with Crippen LogP contribution in [0.2, 0.25) is 0 Å². The highest BCUT2D eigenvalue weighted by Crippen LogP contribution is 2.18. The zero-order valence-electron chi connectivity index (χ0n) is 17.4. The van der Waals surface area contributed by atoms with E-state index in [-0.39, 0.29) is 24.1 Å². The number of ether oxygens (including phenoxy) is 1. The number of nitrogen functional groups attached to an aromatic ring is 1. The van der Waals surface area contributed by atoms with Gasteiger partial charge in [-0.3, -0.25) is 4.79 Å². The Balaban J connectivity index is 1.50. The van der Waals surface area contributed by atoms with Crippen LogP contribution < -0.4 is 16.4 Å². The maximum Gasteiger partial charge on any atom is 0.407 e. The van der Waals surface area contributed by atoms with Crippen molar-refractivity contribution in [2.75, 3.05) is 11.1 Å². The molecule has 0 unspecified atom stereocenters. The van der Waals surface area contributed by atoms with Crippen molar-refractivity contribution in [2.45, 2.75) is 19.6 Å². The highest BCUT2D eigenvalue weighted by atomic mass is 16.5. The second kappa shape index (κ2) is 10.1. The number of rotatable bonds is 7. The smallest absolute Gasteiger partial charge is 0.407 e. The number of nitrogens with one attached hydrogen (secondary N) is 2. The van der Waals surface area contributed by atoms with Crippen molar-refractivity contribution in [2.24, 2.45) is 0 Å². The number of hydrogen-bond acceptors (Lipinski definition) is 5. The summed E-state index contributed by atoms with van der Waals surface area (Å²) in [4.78, 5) is 35.4. The standard InChI is InChI=1S/C24H23N3O5/c1-15(17-10-12-19(13-11-17)23(29)30)26-24(31)32-14-16-6-8-18(9-7-16)22(28)27-21-5-3-2-4-20(21)25/h2-13,15H,14,25H2,1H3,(H,26,31)(H,27,28)(H,29,30)/t15-/m1/s1. The second-order valence-corrected chi connectivity index (χ2v) is 7.11. The molecule has 0 radical (unpaired) electrons. The Hall–Kier alpha value is -4.33. The molecule has 0 saturated heterocycles. The minimum absolute atomic E-state index is 0.0318. The Morgan fingerprint density at radius 3 is 2.19 bits per heavy atom. The monoisotopic (exact) mass is 433 g/mol. The van der Waals surface area contributed by atoms with Gasteiger partial charge in [0.05, 0.1) is 23.0 Å². The highest BCUT2D eigenvalue weighted by molar-refractivity contribution is 6.05. The Bertz CT molecular complexity index is 1110. The number of amides is 2. The van der Waals surface area contributed by atoms with Crippen LogP contribution >= 0.6 is 0 Å². The molecule has 8 nitrogen and oxygen atoms in total. The Labute approximate surface area is 185 Å². The number of carbonyl (C=O) groups is 3. The summed E-state index contributed by atoms with van der Waals surface area (Å²) >= 11 is 0. The average Bonchev–Trinajstić information content (AvgIpc) is 2.79. The molecule has 0 aromatic heterocycles. The van der Waals surface area contributed by atoms with Crippen LogP contribution in [0.1, 0.15) is 44.8 Å². The van der Waals surface area contributed by atoms with E-state index < -0.39 is 12.1 Å². The number of para-hydroxylation sites is 2. The van der Waals surface area contributed by atoms with Crippen LogP contribution in [-0.4, -0.2) is 23.1 Å². The first-order valence-corrected chi connectivity index (χ1v) is 9.85. The summed E-state index contributed by atoms with van der Waals surface area (Å²) in [5.74, 6) is -1.31. The van der Waals surface area contributed by atoms with E-state index in [0.29, 0.717) is 16.9 Å². The predicted molar refractivity (Wildman–Crippen MR) is 120 cm³/mol. The fourth-order valence-corrected chi connectivity index (χ4v) is 2.92. The second-order valence-electron chi connectivity index (χ2n) is 7.11. The molecule has 0 saturated carbocycles. The van der Waals surface area contributed by atoms with Crippen molar-refractivity contribution in [3.05, 3.63) is 95.1 Å². The van der Waals surface area contributed by atoms with Crippen molar-refractivity contribution in [1.82, 2.24) is 5.32 Å². The molecular weight excluding hydrogens is 410 g/mol. The van der Waals surface area contributed by atoms with Gasteiger partial charge in [-0.2, -0.15) is 0 Å². The third-order valence-corrected chi connectivity index (χ3v) is 4.79. The summed E-state index contributed by atoms with van der Waals surface area (Å²) in [5, 5.41) is 14.4. The first-order chi connectivity index (χ1) is 15.3. The summed E-state index contributed by atoms with van der Waals surface area (Å²) in [6.45, 7) is 1.80. The largest absolute Gasteiger partial charge is 0.478 e. The van der Waals surface area contributed by atoms with Crippen LogP contribution in [0, 0.1) is 0 Å². The lowest BCUT2D eigenvalue weighted by Crippen LogP contribution is -2.27. The third kappa shape index (κ3) is 5.85. The average molecular weight is 433 g/mol. The van der Waals surface area contributed by atoms with E-state index >= 15 is 0 Å². The molecule has 5 N–H and O–H groups in total. The summed E-state index contributed by atoms with van der Waals surface area (Å²) in [6, 6.07) is 19.5. The maximum absolute atomic E-state index is 12.4. The van der Waals surface area contributed by atoms with Gasteiger partial charge in [-0.1, -0.05) is 36.4 Å². The molecule has 0 fully saturated rings. The molecule has 3 aromatic rings. The van der Waals surface area contributed by atoms with Crippen molar-refractivity contribution in [3.63, 3.8) is 0 Å². The zero-order valence-corrected chi connectivity index (χ0v) is 17.4. The van der Waals surface area contributed by atoms with E-state index in [2.05, 4.69) is 10.6 Å². The van der Waals surface area contributed by atoms with Crippen LogP contribution in [-0.2, 0) is 11.3 Å². The fourth-order valence-electron chi connectivity index (χ4n) is 2.92. The number of aromatic carboxylic acids is 1. The molecule has 3 aromatic carbocycles. The molecule has 3 rings (SSSR count). The van der Waals surface area contributed by atoms with E-state index in [1.165, 1.54) is 12.1 Å². The molecule has 1 atom stereocenters. The normalized spacial score (nSPS) is 11.3. The molecule has 0 spiro atoms. The van der Waals surface area contributed by atoms with Gasteiger partial charge in [-0.15, -0.1) is 0 Å². The van der Waals surface area contributed by atoms with E-state index in [1.54, 1.807) is 67.6 Å². The lowest BCUT2D eigenvalue weighted by molar-refractivity contribution is 0.0696. The Morgan fingerprint density at radius 2 is 1.56 bits per heavy atom. The first kappa shape index (κ1) is 22.4. The first-order valence-electron chi connectivity index (χ1n) is 9.85. The van der Waals surface area contributed by atoms with Gasteiger partial charge in [0.15, 0.2) is 0 Å². The number of benzene rings is 3. The third-order valence-electron chi connectivity index (χ3n) is 4.79. The van der Waals surface area contributed by atoms with E-state index in [0.717, 1.165) is 11.1 Å². The van der Waals surface area contributed by atoms with Gasteiger partial charge in [-0.25, -0.2) is 9.59 Å². The minimum atomic E-state index is -1.01. The molecule has 0 aliphatic heterocycles. The van der Waals surface area contributed by atoms with Crippen LogP contribution in [0.4, 0.5) is 16.2 Å². The van der Waals surface area contributed by atoms with Crippen molar-refractivity contribution >= 4 is 29.3 Å². The highest BCUT2D eigenvalue weighted by Gasteiger charge is 2.12. The maximum atomic E-state index is 12.4. The predicted octanol–water partition coefficient (Wildman–Crippen LogP) is 4.21. The molecule has 0 bridgehead atoms. The quantitative estimate of drug-likeness (QED) is 0.413. The van der Waals surface area contributed by atoms with Gasteiger partial charge < -0.3 is 26.2 Å². The lowest BCUT2D eigenvalue weighted by atomic mass is 10.1. The van der Waals surface area contributed by atoms with Crippen LogP contribution in [0.15, 0.2) is 72.8 Å². The fraction of sp³-hybridized carbons (Fsp3) is 0.125. The zero-order chi connectivity index (χ0) is 23.1. The number of alkyl carbamates (subject to hydrolysis) is 1. The Morgan fingerprint density at radius 1 is 0.938 bits per heavy atom. The van der Waals surface area contributed by atoms with Gasteiger partial charge in [0.2, 0.25) is 0 Å². The number of carboxylic acid groups (broad SMARTS) is 1. The molecule has 32 heavy (non-hydrogen) atoms. The van der Waals surface area contributed by atoms with Crippen molar-refractivity contribution in [1.29, 1.82) is 0 Å². The molecule has 0 heterocycles. The van der Waals surface area contributed by atoms with E-state index in [9.17, 15) is 14.4 Å². The minimum Gasteiger partial charge on any atom is -0.478 e. The van der Waals surface area contributed by atoms with Gasteiger partial charge in [-0.05, 0) is 54.4 Å². The van der Waals surface area contributed by atoms with Gasteiger partial charge in [0, 0.05) is 5.56 Å². The summed E-state index contributed by atoms with van der Waals surface area (Å²) in [5.41, 5.74) is 8.93. The summed E-state index contributed by atoms with van der Waals surface area (Å²) in [7, 11) is 0. The molecule has 8 heteroatoms. The Kier molecular flexibility index (Phi) is 7.07. The van der Waals surface area contributed by atoms with Gasteiger partial charge >= 0.3 is 12.1 Å². The molecule has 2 amide bonds. The molecule has 0 aliphatic carbocycles. The van der Waals surface area contributed by atoms with Crippen LogP contribution in [0.5, 0.6) is 0 Å².